The molecule has 1 fully saturated rings. The molecule has 30 heavy (non-hydrogen) atoms. The molecular weight excluding hydrogens is 403 g/mol. The molecule has 0 bridgehead atoms. The zero-order valence-corrected chi connectivity index (χ0v) is 15.5. The van der Waals surface area contributed by atoms with Gasteiger partial charge in [-0.05, 0) is 24.3 Å². The molecule has 8 nitrogen and oxygen atoms in total. The number of benzene rings is 1. The number of ether oxygens (including phenoxy) is 1. The lowest BCUT2D eigenvalue weighted by Crippen LogP contribution is -2.48. The van der Waals surface area contributed by atoms with E-state index in [0.717, 1.165) is 12.1 Å². The number of nitrogens with two attached hydrogens (primary N) is 1. The summed E-state index contributed by atoms with van der Waals surface area (Å²) in [6.07, 6.45) is -3.66. The average molecular weight is 419 g/mol. The number of morpholine rings is 1. The number of primary amides is 1. The van der Waals surface area contributed by atoms with Crippen LogP contribution in [-0.2, 0) is 15.7 Å². The maximum atomic E-state index is 12.9. The lowest BCUT2D eigenvalue weighted by molar-refractivity contribution is -0.137. The van der Waals surface area contributed by atoms with E-state index in [9.17, 15) is 18.0 Å². The van der Waals surface area contributed by atoms with E-state index < -0.39 is 23.8 Å². The van der Waals surface area contributed by atoms with Gasteiger partial charge in [0, 0.05) is 18.3 Å². The lowest BCUT2D eigenvalue weighted by Gasteiger charge is -2.32. The van der Waals surface area contributed by atoms with E-state index in [-0.39, 0.29) is 17.3 Å². The average Bonchev–Trinajstić information content (AvgIpc) is 3.24. The Balaban J connectivity index is 1.52. The number of nitrogens with zero attached hydrogens (tertiary/aromatic N) is 4. The number of alkyl halides is 3. The van der Waals surface area contributed by atoms with Crippen LogP contribution in [0.3, 0.4) is 0 Å². The van der Waals surface area contributed by atoms with Crippen molar-refractivity contribution in [2.24, 2.45) is 5.73 Å². The third-order valence-electron chi connectivity index (χ3n) is 4.58. The van der Waals surface area contributed by atoms with E-state index in [0.29, 0.717) is 31.1 Å². The van der Waals surface area contributed by atoms with Gasteiger partial charge in [-0.15, -0.1) is 0 Å². The number of carbonyl (C=O) groups is 1. The molecule has 1 aromatic carbocycles. The molecule has 156 valence electrons. The molecule has 1 atom stereocenters. The number of pyridine rings is 1. The highest BCUT2D eigenvalue weighted by molar-refractivity contribution is 5.79. The SMILES string of the molecule is NC(=O)[C@@H]1CN(c2ccc(-c3nc(-c4cccc(C(F)(F)F)c4)no3)cn2)CCO1. The molecule has 0 radical (unpaired) electrons. The Bertz CT molecular complexity index is 1050. The van der Waals surface area contributed by atoms with Crippen LogP contribution < -0.4 is 10.6 Å². The highest BCUT2D eigenvalue weighted by atomic mass is 19.4. The molecule has 0 spiro atoms. The maximum absolute atomic E-state index is 12.9. The zero-order chi connectivity index (χ0) is 21.3. The number of hydrogen-bond donors (Lipinski definition) is 1. The third-order valence-corrected chi connectivity index (χ3v) is 4.58. The zero-order valence-electron chi connectivity index (χ0n) is 15.5. The van der Waals surface area contributed by atoms with Crippen LogP contribution >= 0.6 is 0 Å². The van der Waals surface area contributed by atoms with Gasteiger partial charge in [-0.25, -0.2) is 4.98 Å². The van der Waals surface area contributed by atoms with Gasteiger partial charge in [0.15, 0.2) is 6.10 Å². The molecule has 1 aliphatic rings. The van der Waals surface area contributed by atoms with Crippen molar-refractivity contribution in [3.8, 4) is 22.8 Å². The molecule has 11 heteroatoms. The van der Waals surface area contributed by atoms with Crippen molar-refractivity contribution in [2.75, 3.05) is 24.6 Å². The second-order valence-corrected chi connectivity index (χ2v) is 6.61. The molecule has 0 unspecified atom stereocenters. The van der Waals surface area contributed by atoms with Crippen LogP contribution in [0.5, 0.6) is 0 Å². The summed E-state index contributed by atoms with van der Waals surface area (Å²) >= 11 is 0. The number of aromatic nitrogens is 3. The smallest absolute Gasteiger partial charge is 0.367 e. The van der Waals surface area contributed by atoms with Crippen molar-refractivity contribution in [1.29, 1.82) is 0 Å². The Labute approximate surface area is 168 Å². The molecule has 1 saturated heterocycles. The van der Waals surface area contributed by atoms with Crippen LogP contribution in [0.4, 0.5) is 19.0 Å². The van der Waals surface area contributed by atoms with E-state index in [2.05, 4.69) is 15.1 Å². The fourth-order valence-corrected chi connectivity index (χ4v) is 3.02. The number of anilines is 1. The molecule has 3 heterocycles. The maximum Gasteiger partial charge on any atom is 0.416 e. The summed E-state index contributed by atoms with van der Waals surface area (Å²) < 4.78 is 49.2. The fourth-order valence-electron chi connectivity index (χ4n) is 3.02. The number of hydrogen-bond acceptors (Lipinski definition) is 7. The summed E-state index contributed by atoms with van der Waals surface area (Å²) in [5.41, 5.74) is 5.19. The molecule has 4 rings (SSSR count). The normalized spacial score (nSPS) is 17.2. The minimum atomic E-state index is -4.46. The summed E-state index contributed by atoms with van der Waals surface area (Å²) in [5, 5.41) is 3.77. The van der Waals surface area contributed by atoms with E-state index in [1.54, 1.807) is 12.1 Å². The van der Waals surface area contributed by atoms with Gasteiger partial charge in [-0.3, -0.25) is 4.79 Å². The summed E-state index contributed by atoms with van der Waals surface area (Å²) in [6.45, 7) is 1.19. The first kappa shape index (κ1) is 19.8. The standard InChI is InChI=1S/C19H16F3N5O3/c20-19(21,22)13-3-1-2-11(8-13)17-25-18(30-26-17)12-4-5-15(24-9-12)27-6-7-29-14(10-27)16(23)28/h1-5,8-9,14H,6-7,10H2,(H2,23,28)/t14-/m0/s1. The van der Waals surface area contributed by atoms with Gasteiger partial charge in [0.05, 0.1) is 24.3 Å². The lowest BCUT2D eigenvalue weighted by atomic mass is 10.1. The Morgan fingerprint density at radius 2 is 2.03 bits per heavy atom. The monoisotopic (exact) mass is 419 g/mol. The Morgan fingerprint density at radius 3 is 2.73 bits per heavy atom. The summed E-state index contributed by atoms with van der Waals surface area (Å²) in [6, 6.07) is 8.10. The summed E-state index contributed by atoms with van der Waals surface area (Å²) in [5.74, 6) is 0.242. The van der Waals surface area contributed by atoms with Gasteiger partial charge in [0.2, 0.25) is 11.7 Å². The Morgan fingerprint density at radius 1 is 1.20 bits per heavy atom. The molecule has 0 aliphatic carbocycles. The van der Waals surface area contributed by atoms with Crippen molar-refractivity contribution in [1.82, 2.24) is 15.1 Å². The largest absolute Gasteiger partial charge is 0.416 e. The van der Waals surface area contributed by atoms with Crippen molar-refractivity contribution in [3.63, 3.8) is 0 Å². The van der Waals surface area contributed by atoms with Gasteiger partial charge in [0.1, 0.15) is 5.82 Å². The molecule has 1 aliphatic heterocycles. The minimum absolute atomic E-state index is 0.0395. The molecule has 1 amide bonds. The predicted molar refractivity (Wildman–Crippen MR) is 99.1 cm³/mol. The van der Waals surface area contributed by atoms with E-state index in [4.69, 9.17) is 15.0 Å². The van der Waals surface area contributed by atoms with Gasteiger partial charge in [-0.2, -0.15) is 18.2 Å². The summed E-state index contributed by atoms with van der Waals surface area (Å²) in [4.78, 5) is 21.7. The van der Waals surface area contributed by atoms with Gasteiger partial charge in [0.25, 0.3) is 5.89 Å². The van der Waals surface area contributed by atoms with Gasteiger partial charge < -0.3 is 19.9 Å². The second-order valence-electron chi connectivity index (χ2n) is 6.61. The van der Waals surface area contributed by atoms with Crippen LogP contribution in [0.15, 0.2) is 47.1 Å². The highest BCUT2D eigenvalue weighted by Gasteiger charge is 2.31. The fraction of sp³-hybridized carbons (Fsp3) is 0.263. The molecular formula is C19H16F3N5O3. The van der Waals surface area contributed by atoms with Crippen molar-refractivity contribution >= 4 is 11.7 Å². The molecule has 3 aromatic rings. The van der Waals surface area contributed by atoms with E-state index in [1.165, 1.54) is 18.3 Å². The third kappa shape index (κ3) is 4.10. The van der Waals surface area contributed by atoms with Gasteiger partial charge >= 0.3 is 6.18 Å². The first-order chi connectivity index (χ1) is 14.3. The topological polar surface area (TPSA) is 107 Å². The summed E-state index contributed by atoms with van der Waals surface area (Å²) in [7, 11) is 0. The van der Waals surface area contributed by atoms with E-state index in [1.807, 2.05) is 4.90 Å². The predicted octanol–water partition coefficient (Wildman–Crippen LogP) is 2.51. The van der Waals surface area contributed by atoms with E-state index >= 15 is 0 Å². The quantitative estimate of drug-likeness (QED) is 0.692. The highest BCUT2D eigenvalue weighted by Crippen LogP contribution is 2.32. The number of halogens is 3. The Kier molecular flexibility index (Phi) is 5.12. The van der Waals surface area contributed by atoms with Crippen LogP contribution in [0, 0.1) is 0 Å². The van der Waals surface area contributed by atoms with Crippen LogP contribution in [0.1, 0.15) is 5.56 Å². The Hall–Kier alpha value is -3.47. The van der Waals surface area contributed by atoms with Gasteiger partial charge in [-0.1, -0.05) is 17.3 Å². The number of amides is 1. The number of rotatable bonds is 4. The van der Waals surface area contributed by atoms with Crippen molar-refractivity contribution < 1.29 is 27.2 Å². The minimum Gasteiger partial charge on any atom is -0.367 e. The molecule has 2 aromatic heterocycles. The van der Waals surface area contributed by atoms with Crippen molar-refractivity contribution in [3.05, 3.63) is 48.2 Å². The molecule has 0 saturated carbocycles. The second kappa shape index (κ2) is 7.75. The van der Waals surface area contributed by atoms with Crippen molar-refractivity contribution in [2.45, 2.75) is 12.3 Å². The number of carbonyl (C=O) groups excluding carboxylic acids is 1. The van der Waals surface area contributed by atoms with Crippen LogP contribution in [0.25, 0.3) is 22.8 Å². The van der Waals surface area contributed by atoms with Crippen LogP contribution in [0.2, 0.25) is 0 Å². The first-order valence-corrected chi connectivity index (χ1v) is 8.95. The molecule has 2 N–H and O–H groups in total. The van der Waals surface area contributed by atoms with Crippen LogP contribution in [-0.4, -0.2) is 46.8 Å². The first-order valence-electron chi connectivity index (χ1n) is 8.95.